The number of Topliss-reactive ketones (excluding diaryl/α,β-unsaturated/α-hetero) is 1. The van der Waals surface area contributed by atoms with Crippen LogP contribution in [-0.2, 0) is 9.59 Å². The zero-order valence-electron chi connectivity index (χ0n) is 19.2. The molecule has 33 heavy (non-hydrogen) atoms. The van der Waals surface area contributed by atoms with E-state index in [1.807, 2.05) is 45.0 Å². The summed E-state index contributed by atoms with van der Waals surface area (Å²) < 4.78 is 0. The average Bonchev–Trinajstić information content (AvgIpc) is 2.73. The molecule has 7 nitrogen and oxygen atoms in total. The average molecular weight is 446 g/mol. The molecule has 2 aromatic rings. The molecule has 2 aromatic carbocycles. The summed E-state index contributed by atoms with van der Waals surface area (Å²) in [5.74, 6) is -1.73. The van der Waals surface area contributed by atoms with E-state index in [1.54, 1.807) is 19.1 Å². The maximum Gasteiger partial charge on any atom is 0.269 e. The molecule has 2 aliphatic rings. The lowest BCUT2D eigenvalue weighted by atomic mass is 9.66. The quantitative estimate of drug-likeness (QED) is 0.505. The Balaban J connectivity index is 1.84. The summed E-state index contributed by atoms with van der Waals surface area (Å²) in [6, 6.07) is 13.7. The third-order valence-electron chi connectivity index (χ3n) is 6.43. The Morgan fingerprint density at radius 2 is 1.85 bits per heavy atom. The Morgan fingerprint density at radius 3 is 2.55 bits per heavy atom. The van der Waals surface area contributed by atoms with E-state index in [9.17, 15) is 19.7 Å². The second-order valence-corrected chi connectivity index (χ2v) is 9.67. The number of ketones is 1. The Labute approximate surface area is 192 Å². The van der Waals surface area contributed by atoms with Crippen molar-refractivity contribution >= 4 is 28.8 Å². The van der Waals surface area contributed by atoms with E-state index < -0.39 is 16.8 Å². The lowest BCUT2D eigenvalue weighted by Gasteiger charge is -2.39. The summed E-state index contributed by atoms with van der Waals surface area (Å²) in [6.45, 7) is 7.75. The van der Waals surface area contributed by atoms with Crippen LogP contribution in [0.1, 0.15) is 50.7 Å². The van der Waals surface area contributed by atoms with Crippen LogP contribution < -0.4 is 5.32 Å². The first kappa shape index (κ1) is 22.6. The lowest BCUT2D eigenvalue weighted by Crippen LogP contribution is -2.41. The van der Waals surface area contributed by atoms with Gasteiger partial charge in [-0.25, -0.2) is 0 Å². The molecule has 0 saturated heterocycles. The van der Waals surface area contributed by atoms with Crippen LogP contribution in [0.4, 0.5) is 11.4 Å². The summed E-state index contributed by atoms with van der Waals surface area (Å²) in [4.78, 5) is 42.6. The van der Waals surface area contributed by atoms with Gasteiger partial charge in [-0.05, 0) is 42.9 Å². The van der Waals surface area contributed by atoms with Crippen molar-refractivity contribution in [2.75, 3.05) is 5.32 Å². The van der Waals surface area contributed by atoms with Crippen molar-refractivity contribution in [3.05, 3.63) is 81.0 Å². The molecule has 7 heteroatoms. The molecule has 0 radical (unpaired) electrons. The van der Waals surface area contributed by atoms with E-state index >= 15 is 0 Å². The fraction of sp³-hybridized carbons (Fsp3) is 0.346. The Bertz CT molecular complexity index is 1230. The molecule has 0 saturated carbocycles. The number of carbonyl (C=O) groups is 2. The van der Waals surface area contributed by atoms with Gasteiger partial charge in [-0.3, -0.25) is 24.7 Å². The van der Waals surface area contributed by atoms with Crippen molar-refractivity contribution in [2.45, 2.75) is 46.5 Å². The third kappa shape index (κ3) is 4.35. The number of rotatable bonds is 4. The van der Waals surface area contributed by atoms with Gasteiger partial charge in [0.15, 0.2) is 5.78 Å². The fourth-order valence-electron chi connectivity index (χ4n) is 4.90. The number of hydrogen-bond acceptors (Lipinski definition) is 5. The molecule has 4 rings (SSSR count). The highest BCUT2D eigenvalue weighted by Gasteiger charge is 2.45. The number of benzene rings is 2. The van der Waals surface area contributed by atoms with Gasteiger partial charge in [-0.1, -0.05) is 44.2 Å². The molecule has 1 N–H and O–H groups in total. The number of nitro groups is 1. The number of aryl methyl sites for hydroxylation is 1. The Kier molecular flexibility index (Phi) is 5.74. The molecule has 0 fully saturated rings. The molecule has 1 aliphatic carbocycles. The first-order valence-electron chi connectivity index (χ1n) is 11.0. The van der Waals surface area contributed by atoms with Crippen molar-refractivity contribution < 1.29 is 14.5 Å². The number of allylic oxidation sites excluding steroid dienone is 2. The zero-order valence-corrected chi connectivity index (χ0v) is 19.2. The van der Waals surface area contributed by atoms with Crippen LogP contribution in [0.5, 0.6) is 0 Å². The van der Waals surface area contributed by atoms with Gasteiger partial charge in [-0.15, -0.1) is 0 Å². The van der Waals surface area contributed by atoms with Crippen molar-refractivity contribution in [3.63, 3.8) is 0 Å². The second-order valence-electron chi connectivity index (χ2n) is 9.67. The maximum atomic E-state index is 13.6. The van der Waals surface area contributed by atoms with E-state index in [-0.39, 0.29) is 22.8 Å². The van der Waals surface area contributed by atoms with Crippen LogP contribution in [0, 0.1) is 28.4 Å². The third-order valence-corrected chi connectivity index (χ3v) is 6.43. The van der Waals surface area contributed by atoms with E-state index in [0.717, 1.165) is 5.56 Å². The minimum Gasteiger partial charge on any atom is -0.325 e. The van der Waals surface area contributed by atoms with Gasteiger partial charge in [0.25, 0.3) is 5.69 Å². The molecule has 0 bridgehead atoms. The SMILES string of the molecule is CC1=NC2=C(C(=O)CC(C)(C)C2)[C@@H](c2cccc([N+](=O)[O-])c2)C1C(=O)Nc1ccccc1C. The van der Waals surface area contributed by atoms with Crippen LogP contribution in [0.2, 0.25) is 0 Å². The van der Waals surface area contributed by atoms with Gasteiger partial charge in [0.2, 0.25) is 5.91 Å². The van der Waals surface area contributed by atoms with Crippen molar-refractivity contribution in [1.29, 1.82) is 0 Å². The summed E-state index contributed by atoms with van der Waals surface area (Å²) in [6.07, 6.45) is 0.959. The number of nitro benzene ring substituents is 1. The Hall–Kier alpha value is -3.61. The largest absolute Gasteiger partial charge is 0.325 e. The number of non-ortho nitro benzene ring substituents is 1. The highest BCUT2D eigenvalue weighted by molar-refractivity contribution is 6.13. The number of amides is 1. The van der Waals surface area contributed by atoms with E-state index in [2.05, 4.69) is 5.32 Å². The van der Waals surface area contributed by atoms with Crippen LogP contribution in [-0.4, -0.2) is 22.3 Å². The summed E-state index contributed by atoms with van der Waals surface area (Å²) in [5, 5.41) is 14.4. The monoisotopic (exact) mass is 445 g/mol. The Morgan fingerprint density at radius 1 is 1.12 bits per heavy atom. The van der Waals surface area contributed by atoms with Crippen molar-refractivity contribution in [2.24, 2.45) is 16.3 Å². The fourth-order valence-corrected chi connectivity index (χ4v) is 4.90. The van der Waals surface area contributed by atoms with Gasteiger partial charge >= 0.3 is 0 Å². The number of para-hydroxylation sites is 1. The molecule has 1 unspecified atom stereocenters. The van der Waals surface area contributed by atoms with Crippen molar-refractivity contribution in [3.8, 4) is 0 Å². The highest BCUT2D eigenvalue weighted by atomic mass is 16.6. The normalized spacial score (nSPS) is 21.8. The molecule has 0 spiro atoms. The minimum atomic E-state index is -0.754. The van der Waals surface area contributed by atoms with Gasteiger partial charge in [0.05, 0.1) is 10.8 Å². The predicted molar refractivity (Wildman–Crippen MR) is 127 cm³/mol. The van der Waals surface area contributed by atoms with Gasteiger partial charge in [0.1, 0.15) is 0 Å². The molecule has 1 amide bonds. The summed E-state index contributed by atoms with van der Waals surface area (Å²) in [5.41, 5.74) is 3.66. The van der Waals surface area contributed by atoms with E-state index in [1.165, 1.54) is 12.1 Å². The molecule has 0 aromatic heterocycles. The molecule has 2 atom stereocenters. The summed E-state index contributed by atoms with van der Waals surface area (Å²) in [7, 11) is 0. The molecule has 170 valence electrons. The van der Waals surface area contributed by atoms with Crippen LogP contribution in [0.3, 0.4) is 0 Å². The molecule has 1 aliphatic heterocycles. The highest BCUT2D eigenvalue weighted by Crippen LogP contribution is 2.48. The molecular weight excluding hydrogens is 418 g/mol. The number of aliphatic imine (C=N–C) groups is 1. The lowest BCUT2D eigenvalue weighted by molar-refractivity contribution is -0.384. The number of hydrogen-bond donors (Lipinski definition) is 1. The number of nitrogens with one attached hydrogen (secondary N) is 1. The number of carbonyl (C=O) groups excluding carboxylic acids is 2. The topological polar surface area (TPSA) is 102 Å². The van der Waals surface area contributed by atoms with Gasteiger partial charge in [-0.2, -0.15) is 0 Å². The summed E-state index contributed by atoms with van der Waals surface area (Å²) >= 11 is 0. The molecular formula is C26H27N3O4. The van der Waals surface area contributed by atoms with E-state index in [0.29, 0.717) is 41.1 Å². The predicted octanol–water partition coefficient (Wildman–Crippen LogP) is 5.36. The van der Waals surface area contributed by atoms with Crippen LogP contribution in [0.15, 0.2) is 64.8 Å². The number of anilines is 1. The maximum absolute atomic E-state index is 13.6. The number of nitrogens with zero attached hydrogens (tertiary/aromatic N) is 2. The van der Waals surface area contributed by atoms with Crippen LogP contribution >= 0.6 is 0 Å². The second kappa shape index (κ2) is 8.39. The van der Waals surface area contributed by atoms with Crippen molar-refractivity contribution in [1.82, 2.24) is 0 Å². The van der Waals surface area contributed by atoms with Crippen LogP contribution in [0.25, 0.3) is 0 Å². The molecule has 1 heterocycles. The first-order chi connectivity index (χ1) is 15.6. The van der Waals surface area contributed by atoms with Gasteiger partial charge < -0.3 is 5.32 Å². The van der Waals surface area contributed by atoms with Gasteiger partial charge in [0, 0.05) is 47.1 Å². The minimum absolute atomic E-state index is 0.0531. The zero-order chi connectivity index (χ0) is 23.9. The first-order valence-corrected chi connectivity index (χ1v) is 11.0. The smallest absolute Gasteiger partial charge is 0.269 e. The standard InChI is InChI=1S/C26H27N3O4/c1-15-8-5-6-11-19(15)28-25(31)22-16(2)27-20-13-26(3,4)14-21(30)24(20)23(22)17-9-7-10-18(12-17)29(32)33/h5-12,22-23H,13-14H2,1-4H3,(H,28,31)/t22?,23-/m0/s1. The van der Waals surface area contributed by atoms with E-state index in [4.69, 9.17) is 4.99 Å².